The van der Waals surface area contributed by atoms with Gasteiger partial charge in [-0.1, -0.05) is 52.4 Å². The molecule has 0 bridgehead atoms. The van der Waals surface area contributed by atoms with Crippen molar-refractivity contribution in [2.75, 3.05) is 51.3 Å². The average Bonchev–Trinajstić information content (AvgIpc) is 2.45. The molecular weight excluding hydrogens is 381 g/mol. The van der Waals surface area contributed by atoms with Crippen molar-refractivity contribution in [1.82, 2.24) is 0 Å². The molecule has 0 saturated carbocycles. The molecule has 0 spiro atoms. The zero-order valence-electron chi connectivity index (χ0n) is 18.1. The molecule has 8 heteroatoms. The van der Waals surface area contributed by atoms with Crippen LogP contribution < -0.4 is 0 Å². The second-order valence-electron chi connectivity index (χ2n) is 9.14. The molecule has 0 unspecified atom stereocenters. The summed E-state index contributed by atoms with van der Waals surface area (Å²) in [6, 6.07) is 0. The number of rotatable bonds is 16. The van der Waals surface area contributed by atoms with Gasteiger partial charge in [-0.25, -0.2) is 0 Å². The van der Waals surface area contributed by atoms with Crippen molar-refractivity contribution in [2.45, 2.75) is 52.4 Å². The molecule has 0 radical (unpaired) electrons. The molecule has 0 N–H and O–H groups in total. The molecule has 0 aliphatic carbocycles. The average molecular weight is 425 g/mol. The number of hydrogen-bond donors (Lipinski definition) is 0. The molecule has 4 nitrogen and oxygen atoms in total. The summed E-state index contributed by atoms with van der Waals surface area (Å²) in [5.41, 5.74) is -0.154. The van der Waals surface area contributed by atoms with Gasteiger partial charge in [-0.3, -0.25) is 0 Å². The van der Waals surface area contributed by atoms with Crippen molar-refractivity contribution in [3.05, 3.63) is 0 Å². The lowest BCUT2D eigenvalue weighted by Gasteiger charge is -2.34. The molecule has 0 aliphatic rings. The van der Waals surface area contributed by atoms with Gasteiger partial charge in [-0.15, -0.1) is 0 Å². The lowest BCUT2D eigenvalue weighted by atomic mass is 9.92. The Kier molecular flexibility index (Phi) is 15.1. The van der Waals surface area contributed by atoms with Gasteiger partial charge in [-0.05, 0) is 0 Å². The van der Waals surface area contributed by atoms with Gasteiger partial charge >= 0.3 is 0 Å². The molecule has 25 heavy (non-hydrogen) atoms. The van der Waals surface area contributed by atoms with Crippen LogP contribution in [0.5, 0.6) is 0 Å². The maximum absolute atomic E-state index is 6.09. The summed E-state index contributed by atoms with van der Waals surface area (Å²) >= 11 is 0. The minimum Gasteiger partial charge on any atom is -0.384 e. The lowest BCUT2D eigenvalue weighted by Crippen LogP contribution is -2.44. The first kappa shape index (κ1) is 25.7. The Labute approximate surface area is 163 Å². The van der Waals surface area contributed by atoms with Crippen LogP contribution in [0, 0.1) is 5.41 Å². The third-order valence-corrected chi connectivity index (χ3v) is 7.05. The highest BCUT2D eigenvalue weighted by Gasteiger charge is 2.33. The molecule has 0 atom stereocenters. The van der Waals surface area contributed by atoms with E-state index in [2.05, 4.69) is 52.4 Å². The Bertz CT molecular complexity index is 254. The first-order valence-electron chi connectivity index (χ1n) is 9.98. The minimum atomic E-state index is -0.714. The van der Waals surface area contributed by atoms with E-state index in [9.17, 15) is 0 Å². The minimum absolute atomic E-state index is 0.154. The van der Waals surface area contributed by atoms with Gasteiger partial charge in [0.15, 0.2) is 0 Å². The Morgan fingerprint density at radius 2 is 0.640 bits per heavy atom. The summed E-state index contributed by atoms with van der Waals surface area (Å²) in [6.07, 6.45) is 3.66. The summed E-state index contributed by atoms with van der Waals surface area (Å²) in [7, 11) is -2.86. The van der Waals surface area contributed by atoms with Gasteiger partial charge in [0.05, 0.1) is 67.0 Å². The molecule has 0 heterocycles. The van der Waals surface area contributed by atoms with Crippen LogP contribution in [-0.2, 0) is 18.9 Å². The van der Waals surface area contributed by atoms with E-state index in [0.29, 0.717) is 26.4 Å². The summed E-state index contributed by atoms with van der Waals surface area (Å²) in [4.78, 5) is 0. The van der Waals surface area contributed by atoms with Crippen molar-refractivity contribution >= 4 is 35.2 Å². The van der Waals surface area contributed by atoms with E-state index in [1.807, 2.05) is 0 Å². The topological polar surface area (TPSA) is 36.9 Å². The van der Waals surface area contributed by atoms with Gasteiger partial charge in [0.2, 0.25) is 0 Å². The zero-order chi connectivity index (χ0) is 19.3. The van der Waals surface area contributed by atoms with E-state index in [1.165, 1.54) is 0 Å². The summed E-state index contributed by atoms with van der Waals surface area (Å²) in [5.74, 6) is 0. The van der Waals surface area contributed by atoms with Crippen LogP contribution in [0.2, 0.25) is 52.4 Å². The third kappa shape index (κ3) is 15.5. The lowest BCUT2D eigenvalue weighted by molar-refractivity contribution is -0.0879. The van der Waals surface area contributed by atoms with E-state index in [-0.39, 0.29) is 5.41 Å². The summed E-state index contributed by atoms with van der Waals surface area (Å²) < 4.78 is 24.4. The van der Waals surface area contributed by atoms with Crippen LogP contribution >= 0.6 is 0 Å². The SMILES string of the molecule is C[SiH](C)COCC(COC[SiH](C)C)(COC[SiH](C)C)COC[SiH](C)C. The molecule has 152 valence electrons. The first-order valence-corrected chi connectivity index (χ1v) is 22.5. The molecular formula is C17H44O4Si4. The third-order valence-electron chi connectivity index (χ3n) is 3.44. The maximum atomic E-state index is 6.09. The fourth-order valence-corrected chi connectivity index (χ4v) is 4.65. The summed E-state index contributed by atoms with van der Waals surface area (Å²) in [6.45, 7) is 21.4. The van der Waals surface area contributed by atoms with Gasteiger partial charge in [0.1, 0.15) is 0 Å². The van der Waals surface area contributed by atoms with Crippen molar-refractivity contribution in [3.8, 4) is 0 Å². The molecule has 0 saturated heterocycles. The Hall–Kier alpha value is 0.708. The monoisotopic (exact) mass is 424 g/mol. The fourth-order valence-electron chi connectivity index (χ4n) is 2.29. The quantitative estimate of drug-likeness (QED) is 0.356. The molecule has 0 fully saturated rings. The normalized spacial score (nSPS) is 13.0. The Morgan fingerprint density at radius 3 is 0.800 bits per heavy atom. The van der Waals surface area contributed by atoms with Crippen molar-refractivity contribution in [1.29, 1.82) is 0 Å². The molecule has 0 rings (SSSR count). The smallest absolute Gasteiger partial charge is 0.0637 e. The highest BCUT2D eigenvalue weighted by Crippen LogP contribution is 2.21. The van der Waals surface area contributed by atoms with Crippen LogP contribution in [-0.4, -0.2) is 86.5 Å². The molecule has 0 aromatic rings. The molecule has 0 amide bonds. The summed E-state index contributed by atoms with van der Waals surface area (Å²) in [5, 5.41) is 0. The van der Waals surface area contributed by atoms with Gasteiger partial charge < -0.3 is 18.9 Å². The standard InChI is InChI=1S/C17H44O4Si4/c1-22(2)13-18-9-17(10-19-14-23(3)4,11-20-15-24(5)6)12-21-16-25(7)8/h22-25H,9-16H2,1-8H3. The Balaban J connectivity index is 4.85. The van der Waals surface area contributed by atoms with E-state index < -0.39 is 35.2 Å². The fraction of sp³-hybridized carbons (Fsp3) is 1.00. The largest absolute Gasteiger partial charge is 0.384 e. The van der Waals surface area contributed by atoms with Crippen LogP contribution in [0.25, 0.3) is 0 Å². The van der Waals surface area contributed by atoms with E-state index >= 15 is 0 Å². The predicted octanol–water partition coefficient (Wildman–Crippen LogP) is 2.14. The highest BCUT2D eigenvalue weighted by atomic mass is 28.3. The predicted molar refractivity (Wildman–Crippen MR) is 121 cm³/mol. The zero-order valence-corrected chi connectivity index (χ0v) is 22.7. The maximum Gasteiger partial charge on any atom is 0.0637 e. The Morgan fingerprint density at radius 1 is 0.440 bits per heavy atom. The van der Waals surface area contributed by atoms with Crippen molar-refractivity contribution in [2.24, 2.45) is 5.41 Å². The number of ether oxygens (including phenoxy) is 4. The number of hydrogen-bond acceptors (Lipinski definition) is 4. The van der Waals surface area contributed by atoms with E-state index in [4.69, 9.17) is 18.9 Å². The van der Waals surface area contributed by atoms with E-state index in [0.717, 1.165) is 24.9 Å². The van der Waals surface area contributed by atoms with Crippen LogP contribution in [0.1, 0.15) is 0 Å². The molecule has 0 aliphatic heterocycles. The second kappa shape index (κ2) is 14.7. The second-order valence-corrected chi connectivity index (χ2v) is 21.6. The van der Waals surface area contributed by atoms with Crippen molar-refractivity contribution < 1.29 is 18.9 Å². The molecule has 0 aromatic heterocycles. The first-order chi connectivity index (χ1) is 11.7. The molecule has 0 aromatic carbocycles. The van der Waals surface area contributed by atoms with Crippen LogP contribution in [0.15, 0.2) is 0 Å². The van der Waals surface area contributed by atoms with Crippen molar-refractivity contribution in [3.63, 3.8) is 0 Å². The van der Waals surface area contributed by atoms with Gasteiger partial charge in [0, 0.05) is 24.9 Å². The van der Waals surface area contributed by atoms with Crippen LogP contribution in [0.4, 0.5) is 0 Å². The van der Waals surface area contributed by atoms with Gasteiger partial charge in [0.25, 0.3) is 0 Å². The van der Waals surface area contributed by atoms with Gasteiger partial charge in [-0.2, -0.15) is 0 Å². The highest BCUT2D eigenvalue weighted by molar-refractivity contribution is 6.56. The van der Waals surface area contributed by atoms with E-state index in [1.54, 1.807) is 0 Å². The van der Waals surface area contributed by atoms with Crippen LogP contribution in [0.3, 0.4) is 0 Å².